The summed E-state index contributed by atoms with van der Waals surface area (Å²) in [6.07, 6.45) is 2.96. The molecule has 0 bridgehead atoms. The second kappa shape index (κ2) is 9.92. The van der Waals surface area contributed by atoms with Crippen molar-refractivity contribution in [3.63, 3.8) is 0 Å². The number of aryl methyl sites for hydroxylation is 1. The Hall–Kier alpha value is -1.93. The normalized spacial score (nSPS) is 14.9. The third kappa shape index (κ3) is 4.70. The van der Waals surface area contributed by atoms with Crippen LogP contribution in [0.1, 0.15) is 22.8 Å². The van der Waals surface area contributed by atoms with Gasteiger partial charge in [-0.15, -0.1) is 11.8 Å². The highest BCUT2D eigenvalue weighted by molar-refractivity contribution is 7.98. The van der Waals surface area contributed by atoms with Crippen LogP contribution in [0.3, 0.4) is 0 Å². The number of benzene rings is 2. The number of hydrogen-bond donors (Lipinski definition) is 0. The van der Waals surface area contributed by atoms with Gasteiger partial charge in [0.2, 0.25) is 0 Å². The van der Waals surface area contributed by atoms with Gasteiger partial charge < -0.3 is 4.74 Å². The maximum absolute atomic E-state index is 13.6. The fourth-order valence-electron chi connectivity index (χ4n) is 3.66. The lowest BCUT2D eigenvalue weighted by Crippen LogP contribution is -2.43. The summed E-state index contributed by atoms with van der Waals surface area (Å²) in [6, 6.07) is 14.1. The quantitative estimate of drug-likeness (QED) is 0.503. The van der Waals surface area contributed by atoms with Crippen LogP contribution in [0, 0.1) is 0 Å². The van der Waals surface area contributed by atoms with Crippen molar-refractivity contribution in [3.8, 4) is 0 Å². The maximum atomic E-state index is 13.6. The number of morpholine rings is 1. The molecule has 1 aliphatic rings. The van der Waals surface area contributed by atoms with E-state index in [1.54, 1.807) is 23.1 Å². The largest absolute Gasteiger partial charge is 0.379 e. The standard InChI is InChI=1S/C23H27N3O2S2/c1-3-17-6-5-9-20-21(17)24-23(30-20)26(11-10-25-12-14-28-15-13-25)22(27)18-7-4-8-19(16-18)29-2/h4-9,16H,3,10-15H2,1-2H3. The molecule has 0 unspecified atom stereocenters. The number of para-hydroxylation sites is 1. The van der Waals surface area contributed by atoms with Gasteiger partial charge in [0, 0.05) is 36.6 Å². The lowest BCUT2D eigenvalue weighted by Gasteiger charge is -2.29. The number of fused-ring (bicyclic) bond motifs is 1. The van der Waals surface area contributed by atoms with Gasteiger partial charge in [-0.1, -0.05) is 36.5 Å². The van der Waals surface area contributed by atoms with Gasteiger partial charge in [0.05, 0.1) is 23.4 Å². The summed E-state index contributed by atoms with van der Waals surface area (Å²) in [5.74, 6) is 0.0104. The molecular weight excluding hydrogens is 414 g/mol. The van der Waals surface area contributed by atoms with Crippen molar-refractivity contribution < 1.29 is 9.53 Å². The molecule has 30 heavy (non-hydrogen) atoms. The smallest absolute Gasteiger partial charge is 0.260 e. The second-order valence-corrected chi connectivity index (χ2v) is 9.15. The van der Waals surface area contributed by atoms with E-state index in [4.69, 9.17) is 9.72 Å². The first-order valence-corrected chi connectivity index (χ1v) is 12.4. The Bertz CT molecular complexity index is 1010. The van der Waals surface area contributed by atoms with Gasteiger partial charge in [0.25, 0.3) is 5.91 Å². The number of thioether (sulfide) groups is 1. The molecular formula is C23H27N3O2S2. The second-order valence-electron chi connectivity index (χ2n) is 7.26. The van der Waals surface area contributed by atoms with Crippen LogP contribution in [0.25, 0.3) is 10.2 Å². The maximum Gasteiger partial charge on any atom is 0.260 e. The van der Waals surface area contributed by atoms with E-state index in [0.29, 0.717) is 12.1 Å². The molecule has 0 aliphatic carbocycles. The molecule has 1 aliphatic heterocycles. The molecule has 1 aromatic heterocycles. The molecule has 0 atom stereocenters. The van der Waals surface area contributed by atoms with Crippen molar-refractivity contribution in [2.45, 2.75) is 18.2 Å². The molecule has 1 fully saturated rings. The van der Waals surface area contributed by atoms with Gasteiger partial charge in [0.1, 0.15) is 0 Å². The van der Waals surface area contributed by atoms with Crippen LogP contribution in [0.4, 0.5) is 5.13 Å². The van der Waals surface area contributed by atoms with E-state index in [-0.39, 0.29) is 5.91 Å². The molecule has 4 rings (SSSR count). The Balaban J connectivity index is 1.66. The van der Waals surface area contributed by atoms with E-state index in [2.05, 4.69) is 30.0 Å². The van der Waals surface area contributed by atoms with Crippen LogP contribution in [-0.4, -0.2) is 61.4 Å². The zero-order chi connectivity index (χ0) is 20.9. The van der Waals surface area contributed by atoms with Crippen LogP contribution in [0.15, 0.2) is 47.4 Å². The van der Waals surface area contributed by atoms with E-state index in [1.165, 1.54) is 5.56 Å². The van der Waals surface area contributed by atoms with Crippen molar-refractivity contribution in [3.05, 3.63) is 53.6 Å². The summed E-state index contributed by atoms with van der Waals surface area (Å²) >= 11 is 3.25. The molecule has 1 amide bonds. The molecule has 1 saturated heterocycles. The van der Waals surface area contributed by atoms with Gasteiger partial charge in [-0.3, -0.25) is 14.6 Å². The summed E-state index contributed by atoms with van der Waals surface area (Å²) in [5.41, 5.74) is 2.95. The average Bonchev–Trinajstić information content (AvgIpc) is 3.24. The third-order valence-electron chi connectivity index (χ3n) is 5.41. The van der Waals surface area contributed by atoms with Crippen molar-refractivity contribution in [2.75, 3.05) is 50.5 Å². The number of thiazole rings is 1. The first-order chi connectivity index (χ1) is 14.7. The van der Waals surface area contributed by atoms with Crippen LogP contribution < -0.4 is 4.90 Å². The topological polar surface area (TPSA) is 45.7 Å². The van der Waals surface area contributed by atoms with Gasteiger partial charge >= 0.3 is 0 Å². The van der Waals surface area contributed by atoms with E-state index in [0.717, 1.165) is 59.5 Å². The van der Waals surface area contributed by atoms with Gasteiger partial charge in [-0.2, -0.15) is 0 Å². The number of ether oxygens (including phenoxy) is 1. The number of carbonyl (C=O) groups is 1. The number of nitrogens with zero attached hydrogens (tertiary/aromatic N) is 3. The highest BCUT2D eigenvalue weighted by atomic mass is 32.2. The minimum atomic E-state index is 0.0104. The van der Waals surface area contributed by atoms with Crippen molar-refractivity contribution in [1.82, 2.24) is 9.88 Å². The van der Waals surface area contributed by atoms with Crippen LogP contribution in [-0.2, 0) is 11.2 Å². The minimum Gasteiger partial charge on any atom is -0.379 e. The van der Waals surface area contributed by atoms with Crippen molar-refractivity contribution in [1.29, 1.82) is 0 Å². The fraction of sp³-hybridized carbons (Fsp3) is 0.391. The lowest BCUT2D eigenvalue weighted by molar-refractivity contribution is 0.0391. The van der Waals surface area contributed by atoms with Crippen molar-refractivity contribution >= 4 is 44.4 Å². The Morgan fingerprint density at radius 1 is 1.23 bits per heavy atom. The molecule has 0 N–H and O–H groups in total. The first kappa shape index (κ1) is 21.3. The predicted molar refractivity (Wildman–Crippen MR) is 126 cm³/mol. The van der Waals surface area contributed by atoms with Crippen LogP contribution in [0.5, 0.6) is 0 Å². The average molecular weight is 442 g/mol. The molecule has 0 saturated carbocycles. The SMILES string of the molecule is CCc1cccc2sc(N(CCN3CCOCC3)C(=O)c3cccc(SC)c3)nc12. The predicted octanol–water partition coefficient (Wildman–Crippen LogP) is 4.56. The summed E-state index contributed by atoms with van der Waals surface area (Å²) in [4.78, 5) is 23.8. The minimum absolute atomic E-state index is 0.0104. The summed E-state index contributed by atoms with van der Waals surface area (Å²) < 4.78 is 6.59. The van der Waals surface area contributed by atoms with Crippen LogP contribution >= 0.6 is 23.1 Å². The Labute approximate surface area is 186 Å². The van der Waals surface area contributed by atoms with E-state index < -0.39 is 0 Å². The number of hydrogen-bond acceptors (Lipinski definition) is 6. The molecule has 7 heteroatoms. The van der Waals surface area contributed by atoms with E-state index in [9.17, 15) is 4.79 Å². The van der Waals surface area contributed by atoms with Gasteiger partial charge in [-0.05, 0) is 42.5 Å². The number of amides is 1. The summed E-state index contributed by atoms with van der Waals surface area (Å²) in [6.45, 7) is 6.89. The number of anilines is 1. The fourth-order valence-corrected chi connectivity index (χ4v) is 5.15. The molecule has 3 aromatic rings. The van der Waals surface area contributed by atoms with Crippen molar-refractivity contribution in [2.24, 2.45) is 0 Å². The Morgan fingerprint density at radius 3 is 2.80 bits per heavy atom. The molecule has 2 aromatic carbocycles. The van der Waals surface area contributed by atoms with E-state index in [1.807, 2.05) is 35.4 Å². The zero-order valence-corrected chi connectivity index (χ0v) is 19.1. The third-order valence-corrected chi connectivity index (χ3v) is 7.18. The first-order valence-electron chi connectivity index (χ1n) is 10.3. The Kier molecular flexibility index (Phi) is 7.04. The summed E-state index contributed by atoms with van der Waals surface area (Å²) in [7, 11) is 0. The van der Waals surface area contributed by atoms with Crippen LogP contribution in [0.2, 0.25) is 0 Å². The lowest BCUT2D eigenvalue weighted by atomic mass is 10.1. The highest BCUT2D eigenvalue weighted by Crippen LogP contribution is 2.32. The molecule has 2 heterocycles. The zero-order valence-electron chi connectivity index (χ0n) is 17.5. The molecule has 5 nitrogen and oxygen atoms in total. The Morgan fingerprint density at radius 2 is 2.03 bits per heavy atom. The molecule has 158 valence electrons. The monoisotopic (exact) mass is 441 g/mol. The van der Waals surface area contributed by atoms with E-state index >= 15 is 0 Å². The number of rotatable bonds is 7. The number of carbonyl (C=O) groups excluding carboxylic acids is 1. The number of aromatic nitrogens is 1. The van der Waals surface area contributed by atoms with Gasteiger partial charge in [0.15, 0.2) is 5.13 Å². The van der Waals surface area contributed by atoms with Gasteiger partial charge in [-0.25, -0.2) is 4.98 Å². The molecule has 0 spiro atoms. The molecule has 0 radical (unpaired) electrons. The summed E-state index contributed by atoms with van der Waals surface area (Å²) in [5, 5.41) is 0.777. The highest BCUT2D eigenvalue weighted by Gasteiger charge is 2.23.